The van der Waals surface area contributed by atoms with Crippen LogP contribution in [-0.2, 0) is 6.42 Å². The summed E-state index contributed by atoms with van der Waals surface area (Å²) in [7, 11) is 3.85. The van der Waals surface area contributed by atoms with Crippen LogP contribution in [-0.4, -0.2) is 24.8 Å². The molecule has 0 amide bonds. The van der Waals surface area contributed by atoms with E-state index in [2.05, 4.69) is 0 Å². The van der Waals surface area contributed by atoms with Gasteiger partial charge in [-0.25, -0.2) is 4.39 Å². The van der Waals surface area contributed by atoms with Crippen LogP contribution < -0.4 is 4.90 Å². The summed E-state index contributed by atoms with van der Waals surface area (Å²) in [4.78, 5) is 1.94. The summed E-state index contributed by atoms with van der Waals surface area (Å²) in [5.41, 5.74) is 1.30. The van der Waals surface area contributed by atoms with Crippen molar-refractivity contribution in [2.75, 3.05) is 19.0 Å². The second-order valence-electron chi connectivity index (χ2n) is 4.57. The molecule has 0 unspecified atom stereocenters. The maximum atomic E-state index is 13.1. The van der Waals surface area contributed by atoms with Crippen molar-refractivity contribution in [3.63, 3.8) is 0 Å². The second kappa shape index (κ2) is 3.49. The monoisotopic (exact) mass is 209 g/mol. The molecule has 0 heterocycles. The number of anilines is 1. The fourth-order valence-corrected chi connectivity index (χ4v) is 1.81. The highest BCUT2D eigenvalue weighted by molar-refractivity contribution is 5.53. The zero-order chi connectivity index (χ0) is 11.1. The first kappa shape index (κ1) is 10.4. The second-order valence-corrected chi connectivity index (χ2v) is 4.57. The van der Waals surface area contributed by atoms with Crippen LogP contribution in [0.15, 0.2) is 18.2 Å². The van der Waals surface area contributed by atoms with Crippen molar-refractivity contribution in [1.82, 2.24) is 0 Å². The Morgan fingerprint density at radius 3 is 2.60 bits per heavy atom. The summed E-state index contributed by atoms with van der Waals surface area (Å²) in [6.07, 6.45) is 2.21. The van der Waals surface area contributed by atoms with Gasteiger partial charge in [0.1, 0.15) is 5.82 Å². The van der Waals surface area contributed by atoms with E-state index in [1.165, 1.54) is 12.1 Å². The Morgan fingerprint density at radius 2 is 2.07 bits per heavy atom. The molecule has 2 nitrogen and oxygen atoms in total. The van der Waals surface area contributed by atoms with E-state index in [1.807, 2.05) is 19.0 Å². The number of hydrogen-bond donors (Lipinski definition) is 1. The summed E-state index contributed by atoms with van der Waals surface area (Å²) in [5.74, 6) is -0.236. The largest absolute Gasteiger partial charge is 0.390 e. The highest BCUT2D eigenvalue weighted by Gasteiger charge is 2.40. The van der Waals surface area contributed by atoms with Crippen LogP contribution in [0.25, 0.3) is 0 Å². The molecule has 0 radical (unpaired) electrons. The van der Waals surface area contributed by atoms with E-state index in [0.29, 0.717) is 6.42 Å². The first-order chi connectivity index (χ1) is 7.00. The van der Waals surface area contributed by atoms with E-state index >= 15 is 0 Å². The first-order valence-electron chi connectivity index (χ1n) is 5.18. The van der Waals surface area contributed by atoms with E-state index in [4.69, 9.17) is 0 Å². The van der Waals surface area contributed by atoms with Gasteiger partial charge < -0.3 is 10.0 Å². The molecular formula is C12H16FNO. The van der Waals surface area contributed by atoms with Crippen LogP contribution in [0.3, 0.4) is 0 Å². The van der Waals surface area contributed by atoms with Crippen LogP contribution in [0.2, 0.25) is 0 Å². The van der Waals surface area contributed by atoms with Gasteiger partial charge in [0.05, 0.1) is 5.60 Å². The summed E-state index contributed by atoms with van der Waals surface area (Å²) in [5, 5.41) is 9.84. The number of halogens is 1. The molecule has 1 saturated carbocycles. The zero-order valence-corrected chi connectivity index (χ0v) is 9.13. The van der Waals surface area contributed by atoms with Crippen molar-refractivity contribution in [3.05, 3.63) is 29.6 Å². The molecule has 0 bridgehead atoms. The molecule has 1 N–H and O–H groups in total. The third-order valence-corrected chi connectivity index (χ3v) is 2.87. The summed E-state index contributed by atoms with van der Waals surface area (Å²) < 4.78 is 13.1. The van der Waals surface area contributed by atoms with Crippen LogP contribution in [0, 0.1) is 5.82 Å². The third-order valence-electron chi connectivity index (χ3n) is 2.87. The SMILES string of the molecule is CN(C)c1ccc(F)cc1CC1(O)CC1. The molecule has 3 heteroatoms. The Kier molecular flexibility index (Phi) is 2.43. The summed E-state index contributed by atoms with van der Waals surface area (Å²) in [6, 6.07) is 4.73. The molecule has 1 aliphatic carbocycles. The molecule has 1 aliphatic rings. The number of rotatable bonds is 3. The molecule has 0 atom stereocenters. The normalized spacial score (nSPS) is 17.6. The van der Waals surface area contributed by atoms with Crippen molar-refractivity contribution in [1.29, 1.82) is 0 Å². The van der Waals surface area contributed by atoms with Crippen molar-refractivity contribution in [2.45, 2.75) is 24.9 Å². The van der Waals surface area contributed by atoms with Gasteiger partial charge in [-0.1, -0.05) is 0 Å². The van der Waals surface area contributed by atoms with Gasteiger partial charge in [0, 0.05) is 26.2 Å². The van der Waals surface area contributed by atoms with Crippen LogP contribution in [0.4, 0.5) is 10.1 Å². The van der Waals surface area contributed by atoms with E-state index in [0.717, 1.165) is 24.1 Å². The van der Waals surface area contributed by atoms with Gasteiger partial charge >= 0.3 is 0 Å². The van der Waals surface area contributed by atoms with Crippen LogP contribution in [0.5, 0.6) is 0 Å². The Morgan fingerprint density at radius 1 is 1.40 bits per heavy atom. The number of nitrogens with zero attached hydrogens (tertiary/aromatic N) is 1. The van der Waals surface area contributed by atoms with Crippen LogP contribution in [0.1, 0.15) is 18.4 Å². The van der Waals surface area contributed by atoms with E-state index in [1.54, 1.807) is 6.07 Å². The predicted molar refractivity (Wildman–Crippen MR) is 58.6 cm³/mol. The predicted octanol–water partition coefficient (Wildman–Crippen LogP) is 1.96. The molecule has 1 aromatic rings. The average Bonchev–Trinajstić information content (AvgIpc) is 2.82. The number of aliphatic hydroxyl groups is 1. The molecule has 2 rings (SSSR count). The fraction of sp³-hybridized carbons (Fsp3) is 0.500. The molecule has 0 spiro atoms. The Hall–Kier alpha value is -1.09. The topological polar surface area (TPSA) is 23.5 Å². The Bertz CT molecular complexity index is 372. The molecule has 0 saturated heterocycles. The minimum Gasteiger partial charge on any atom is -0.390 e. The quantitative estimate of drug-likeness (QED) is 0.822. The van der Waals surface area contributed by atoms with Crippen molar-refractivity contribution >= 4 is 5.69 Å². The van der Waals surface area contributed by atoms with E-state index in [-0.39, 0.29) is 5.82 Å². The maximum Gasteiger partial charge on any atom is 0.123 e. The smallest absolute Gasteiger partial charge is 0.123 e. The number of hydrogen-bond acceptors (Lipinski definition) is 2. The third kappa shape index (κ3) is 2.29. The summed E-state index contributed by atoms with van der Waals surface area (Å²) in [6.45, 7) is 0. The molecule has 1 fully saturated rings. The molecule has 0 aliphatic heterocycles. The highest BCUT2D eigenvalue weighted by Crippen LogP contribution is 2.40. The van der Waals surface area contributed by atoms with E-state index in [9.17, 15) is 9.50 Å². The lowest BCUT2D eigenvalue weighted by molar-refractivity contribution is 0.151. The van der Waals surface area contributed by atoms with Gasteiger partial charge in [-0.05, 0) is 36.6 Å². The van der Waals surface area contributed by atoms with Gasteiger partial charge in [-0.15, -0.1) is 0 Å². The van der Waals surface area contributed by atoms with Crippen molar-refractivity contribution < 1.29 is 9.50 Å². The van der Waals surface area contributed by atoms with Gasteiger partial charge in [0.2, 0.25) is 0 Å². The summed E-state index contributed by atoms with van der Waals surface area (Å²) >= 11 is 0. The minimum atomic E-state index is -0.571. The van der Waals surface area contributed by atoms with Gasteiger partial charge in [0.15, 0.2) is 0 Å². The van der Waals surface area contributed by atoms with Gasteiger partial charge in [0.25, 0.3) is 0 Å². The number of benzene rings is 1. The average molecular weight is 209 g/mol. The lowest BCUT2D eigenvalue weighted by Crippen LogP contribution is -2.16. The molecular weight excluding hydrogens is 193 g/mol. The first-order valence-corrected chi connectivity index (χ1v) is 5.18. The zero-order valence-electron chi connectivity index (χ0n) is 9.13. The Labute approximate surface area is 89.3 Å². The fourth-order valence-electron chi connectivity index (χ4n) is 1.81. The lowest BCUT2D eigenvalue weighted by atomic mass is 10.0. The standard InChI is InChI=1S/C12H16FNO/c1-14(2)11-4-3-10(13)7-9(11)8-12(15)5-6-12/h3-4,7,15H,5-6,8H2,1-2H3. The molecule has 1 aromatic carbocycles. The maximum absolute atomic E-state index is 13.1. The van der Waals surface area contributed by atoms with Gasteiger partial charge in [-0.3, -0.25) is 0 Å². The van der Waals surface area contributed by atoms with Crippen molar-refractivity contribution in [2.24, 2.45) is 0 Å². The minimum absolute atomic E-state index is 0.236. The molecule has 0 aromatic heterocycles. The van der Waals surface area contributed by atoms with Gasteiger partial charge in [-0.2, -0.15) is 0 Å². The molecule has 15 heavy (non-hydrogen) atoms. The Balaban J connectivity index is 2.29. The highest BCUT2D eigenvalue weighted by atomic mass is 19.1. The van der Waals surface area contributed by atoms with Crippen molar-refractivity contribution in [3.8, 4) is 0 Å². The van der Waals surface area contributed by atoms with Crippen LogP contribution >= 0.6 is 0 Å². The van der Waals surface area contributed by atoms with E-state index < -0.39 is 5.60 Å². The lowest BCUT2D eigenvalue weighted by Gasteiger charge is -2.19. The molecule has 82 valence electrons.